The minimum Gasteiger partial charge on any atom is -0.349 e. The van der Waals surface area contributed by atoms with Crippen LogP contribution in [0.5, 0.6) is 0 Å². The van der Waals surface area contributed by atoms with Gasteiger partial charge in [-0.25, -0.2) is 0 Å². The summed E-state index contributed by atoms with van der Waals surface area (Å²) in [5, 5.41) is 1.97. The second-order valence-electron chi connectivity index (χ2n) is 4.15. The first-order valence-electron chi connectivity index (χ1n) is 6.51. The number of aldehydes is 1. The maximum Gasteiger partial charge on any atom is 0.184 e. The molecule has 0 spiro atoms. The van der Waals surface area contributed by atoms with Crippen molar-refractivity contribution in [2.45, 2.75) is 20.1 Å². The van der Waals surface area contributed by atoms with Crippen LogP contribution >= 0.6 is 0 Å². The molecular weight excluding hydrogens is 240 g/mol. The van der Waals surface area contributed by atoms with Gasteiger partial charge in [0.2, 0.25) is 0 Å². The molecular formula is C16H18O3. The highest BCUT2D eigenvalue weighted by molar-refractivity contribution is 5.99. The van der Waals surface area contributed by atoms with E-state index in [1.165, 1.54) is 0 Å². The Kier molecular flexibility index (Phi) is 4.66. The number of ether oxygens (including phenoxy) is 2. The molecule has 0 saturated heterocycles. The third kappa shape index (κ3) is 2.83. The molecule has 0 fully saturated rings. The van der Waals surface area contributed by atoms with Gasteiger partial charge in [0, 0.05) is 24.3 Å². The Morgan fingerprint density at radius 2 is 1.74 bits per heavy atom. The highest BCUT2D eigenvalue weighted by Gasteiger charge is 2.17. The minimum absolute atomic E-state index is 0.486. The standard InChI is InChI=1S/C16H18O3/c1-3-18-16(19-4-2)14-10-9-12-7-5-6-8-13(12)15(14)11-17/h5-11,16H,3-4H2,1-2H3. The van der Waals surface area contributed by atoms with Gasteiger partial charge in [-0.3, -0.25) is 4.79 Å². The van der Waals surface area contributed by atoms with Gasteiger partial charge >= 0.3 is 0 Å². The normalized spacial score (nSPS) is 11.1. The summed E-state index contributed by atoms with van der Waals surface area (Å²) in [5.41, 5.74) is 1.43. The number of hydrogen-bond donors (Lipinski definition) is 0. The highest BCUT2D eigenvalue weighted by Crippen LogP contribution is 2.28. The maximum atomic E-state index is 11.4. The second kappa shape index (κ2) is 6.45. The molecule has 0 atom stereocenters. The van der Waals surface area contributed by atoms with Crippen LogP contribution < -0.4 is 0 Å². The lowest BCUT2D eigenvalue weighted by Gasteiger charge is -2.19. The van der Waals surface area contributed by atoms with Gasteiger partial charge in [-0.2, -0.15) is 0 Å². The molecule has 0 amide bonds. The number of carbonyl (C=O) groups excluding carboxylic acids is 1. The molecule has 0 aromatic heterocycles. The van der Waals surface area contributed by atoms with Crippen LogP contribution in [0.4, 0.5) is 0 Å². The van der Waals surface area contributed by atoms with Gasteiger partial charge < -0.3 is 9.47 Å². The molecule has 0 saturated carbocycles. The molecule has 2 aromatic carbocycles. The van der Waals surface area contributed by atoms with Crippen LogP contribution in [-0.4, -0.2) is 19.5 Å². The molecule has 0 aliphatic rings. The summed E-state index contributed by atoms with van der Waals surface area (Å²) >= 11 is 0. The van der Waals surface area contributed by atoms with Crippen molar-refractivity contribution in [2.24, 2.45) is 0 Å². The Balaban J connectivity index is 2.55. The molecule has 3 heteroatoms. The predicted molar refractivity (Wildman–Crippen MR) is 75.3 cm³/mol. The lowest BCUT2D eigenvalue weighted by Crippen LogP contribution is -2.11. The summed E-state index contributed by atoms with van der Waals surface area (Å²) in [4.78, 5) is 11.4. The SMILES string of the molecule is CCOC(OCC)c1ccc2ccccc2c1C=O. The number of carbonyl (C=O) groups is 1. The van der Waals surface area contributed by atoms with E-state index in [0.29, 0.717) is 18.8 Å². The molecule has 0 aliphatic carbocycles. The van der Waals surface area contributed by atoms with Crippen LogP contribution in [0.2, 0.25) is 0 Å². The van der Waals surface area contributed by atoms with Crippen molar-refractivity contribution in [3.05, 3.63) is 47.5 Å². The molecule has 0 unspecified atom stereocenters. The van der Waals surface area contributed by atoms with Gasteiger partial charge in [0.25, 0.3) is 0 Å². The summed E-state index contributed by atoms with van der Waals surface area (Å²) in [6.45, 7) is 4.90. The number of benzene rings is 2. The van der Waals surface area contributed by atoms with E-state index in [1.807, 2.05) is 50.2 Å². The Hall–Kier alpha value is -1.71. The molecule has 0 N–H and O–H groups in total. The van der Waals surface area contributed by atoms with E-state index in [0.717, 1.165) is 22.6 Å². The molecule has 0 heterocycles. The average molecular weight is 258 g/mol. The predicted octanol–water partition coefficient (Wildman–Crippen LogP) is 3.72. The fraction of sp³-hybridized carbons (Fsp3) is 0.312. The summed E-state index contributed by atoms with van der Waals surface area (Å²) in [6.07, 6.45) is 0.391. The van der Waals surface area contributed by atoms with E-state index >= 15 is 0 Å². The Morgan fingerprint density at radius 1 is 1.05 bits per heavy atom. The van der Waals surface area contributed by atoms with Gasteiger partial charge in [-0.05, 0) is 24.6 Å². The van der Waals surface area contributed by atoms with Gasteiger partial charge in [-0.1, -0.05) is 36.4 Å². The van der Waals surface area contributed by atoms with Crippen LogP contribution in [0.1, 0.15) is 36.1 Å². The lowest BCUT2D eigenvalue weighted by atomic mass is 9.99. The number of rotatable bonds is 6. The zero-order valence-corrected chi connectivity index (χ0v) is 11.3. The van der Waals surface area contributed by atoms with Crippen LogP contribution in [0.25, 0.3) is 10.8 Å². The Bertz CT molecular complexity index is 557. The van der Waals surface area contributed by atoms with Crippen molar-refractivity contribution in [2.75, 3.05) is 13.2 Å². The average Bonchev–Trinajstić information content (AvgIpc) is 2.46. The zero-order chi connectivity index (χ0) is 13.7. The second-order valence-corrected chi connectivity index (χ2v) is 4.15. The molecule has 0 aliphatic heterocycles. The van der Waals surface area contributed by atoms with Gasteiger partial charge in [0.1, 0.15) is 0 Å². The van der Waals surface area contributed by atoms with Crippen molar-refractivity contribution >= 4 is 17.1 Å². The zero-order valence-electron chi connectivity index (χ0n) is 11.3. The summed E-state index contributed by atoms with van der Waals surface area (Å²) in [7, 11) is 0. The fourth-order valence-corrected chi connectivity index (χ4v) is 2.18. The van der Waals surface area contributed by atoms with E-state index in [2.05, 4.69) is 0 Å². The molecule has 19 heavy (non-hydrogen) atoms. The first kappa shape index (κ1) is 13.7. The van der Waals surface area contributed by atoms with Crippen LogP contribution in [0.15, 0.2) is 36.4 Å². The fourth-order valence-electron chi connectivity index (χ4n) is 2.18. The minimum atomic E-state index is -0.486. The molecule has 100 valence electrons. The van der Waals surface area contributed by atoms with E-state index in [9.17, 15) is 4.79 Å². The van der Waals surface area contributed by atoms with Crippen LogP contribution in [-0.2, 0) is 9.47 Å². The summed E-state index contributed by atoms with van der Waals surface area (Å²) in [6, 6.07) is 11.7. The summed E-state index contributed by atoms with van der Waals surface area (Å²) in [5.74, 6) is 0. The number of hydrogen-bond acceptors (Lipinski definition) is 3. The molecule has 3 nitrogen and oxygen atoms in total. The van der Waals surface area contributed by atoms with Crippen molar-refractivity contribution in [1.29, 1.82) is 0 Å². The summed E-state index contributed by atoms with van der Waals surface area (Å²) < 4.78 is 11.2. The van der Waals surface area contributed by atoms with Gasteiger partial charge in [0.15, 0.2) is 12.6 Å². The topological polar surface area (TPSA) is 35.5 Å². The molecule has 2 rings (SSSR count). The van der Waals surface area contributed by atoms with Crippen LogP contribution in [0.3, 0.4) is 0 Å². The monoisotopic (exact) mass is 258 g/mol. The third-order valence-corrected chi connectivity index (χ3v) is 3.01. The van der Waals surface area contributed by atoms with E-state index in [1.54, 1.807) is 0 Å². The van der Waals surface area contributed by atoms with E-state index < -0.39 is 6.29 Å². The van der Waals surface area contributed by atoms with E-state index in [4.69, 9.17) is 9.47 Å². The smallest absolute Gasteiger partial charge is 0.184 e. The molecule has 0 radical (unpaired) electrons. The van der Waals surface area contributed by atoms with Crippen molar-refractivity contribution in [3.8, 4) is 0 Å². The van der Waals surface area contributed by atoms with Crippen molar-refractivity contribution < 1.29 is 14.3 Å². The van der Waals surface area contributed by atoms with Gasteiger partial charge in [0.05, 0.1) is 0 Å². The third-order valence-electron chi connectivity index (χ3n) is 3.01. The highest BCUT2D eigenvalue weighted by atomic mass is 16.7. The van der Waals surface area contributed by atoms with E-state index in [-0.39, 0.29) is 0 Å². The lowest BCUT2D eigenvalue weighted by molar-refractivity contribution is -0.140. The Labute approximate surface area is 113 Å². The maximum absolute atomic E-state index is 11.4. The first-order valence-corrected chi connectivity index (χ1v) is 6.51. The quantitative estimate of drug-likeness (QED) is 0.585. The molecule has 0 bridgehead atoms. The van der Waals surface area contributed by atoms with Crippen molar-refractivity contribution in [1.82, 2.24) is 0 Å². The molecule has 2 aromatic rings. The first-order chi connectivity index (χ1) is 9.31. The largest absolute Gasteiger partial charge is 0.349 e. The van der Waals surface area contributed by atoms with Crippen molar-refractivity contribution in [3.63, 3.8) is 0 Å². The Morgan fingerprint density at radius 3 is 2.37 bits per heavy atom. The van der Waals surface area contributed by atoms with Gasteiger partial charge in [-0.15, -0.1) is 0 Å². The van der Waals surface area contributed by atoms with Crippen LogP contribution in [0, 0.1) is 0 Å². The number of fused-ring (bicyclic) bond motifs is 1.